The number of aryl methyl sites for hydroxylation is 1. The lowest BCUT2D eigenvalue weighted by Gasteiger charge is -2.24. The molecule has 1 N–H and O–H groups in total. The van der Waals surface area contributed by atoms with Gasteiger partial charge in [-0.2, -0.15) is 0 Å². The molecular formula is C13H17NO2. The van der Waals surface area contributed by atoms with Crippen molar-refractivity contribution >= 4 is 12.0 Å². The van der Waals surface area contributed by atoms with E-state index in [4.69, 9.17) is 4.42 Å². The van der Waals surface area contributed by atoms with Crippen LogP contribution >= 0.6 is 0 Å². The van der Waals surface area contributed by atoms with Crippen LogP contribution in [0.2, 0.25) is 0 Å². The maximum Gasteiger partial charge on any atom is 0.244 e. The molecular weight excluding hydrogens is 202 g/mol. The fourth-order valence-corrected chi connectivity index (χ4v) is 1.70. The molecule has 1 heterocycles. The Labute approximate surface area is 95.5 Å². The van der Waals surface area contributed by atoms with E-state index in [-0.39, 0.29) is 5.91 Å². The molecule has 0 saturated heterocycles. The lowest BCUT2D eigenvalue weighted by Crippen LogP contribution is -2.30. The minimum atomic E-state index is -0.0408. The average Bonchev–Trinajstić information content (AvgIpc) is 2.59. The predicted octanol–water partition coefficient (Wildman–Crippen LogP) is 2.52. The van der Waals surface area contributed by atoms with Gasteiger partial charge in [-0.3, -0.25) is 4.79 Å². The first-order chi connectivity index (χ1) is 7.74. The van der Waals surface area contributed by atoms with Gasteiger partial charge >= 0.3 is 0 Å². The normalized spacial score (nSPS) is 16.3. The van der Waals surface area contributed by atoms with Crippen LogP contribution in [0.25, 0.3) is 6.08 Å². The predicted molar refractivity (Wildman–Crippen MR) is 62.8 cm³/mol. The summed E-state index contributed by atoms with van der Waals surface area (Å²) in [6.07, 6.45) is 7.03. The quantitative estimate of drug-likeness (QED) is 0.791. The van der Waals surface area contributed by atoms with Gasteiger partial charge in [-0.05, 0) is 43.9 Å². The van der Waals surface area contributed by atoms with Crippen molar-refractivity contribution in [3.8, 4) is 0 Å². The van der Waals surface area contributed by atoms with Crippen LogP contribution in [-0.4, -0.2) is 12.5 Å². The monoisotopic (exact) mass is 219 g/mol. The Hall–Kier alpha value is -1.51. The molecule has 1 aliphatic rings. The first-order valence-corrected chi connectivity index (χ1v) is 5.76. The summed E-state index contributed by atoms with van der Waals surface area (Å²) in [5.41, 5.74) is 0. The zero-order chi connectivity index (χ0) is 11.4. The van der Waals surface area contributed by atoms with E-state index in [2.05, 4.69) is 5.32 Å². The smallest absolute Gasteiger partial charge is 0.244 e. The lowest BCUT2D eigenvalue weighted by atomic mass is 9.85. The van der Waals surface area contributed by atoms with Gasteiger partial charge in [0.2, 0.25) is 5.91 Å². The summed E-state index contributed by atoms with van der Waals surface area (Å²) in [4.78, 5) is 11.4. The molecule has 0 radical (unpaired) electrons. The van der Waals surface area contributed by atoms with Crippen molar-refractivity contribution in [3.05, 3.63) is 29.7 Å². The molecule has 16 heavy (non-hydrogen) atoms. The highest BCUT2D eigenvalue weighted by Crippen LogP contribution is 2.25. The second-order valence-electron chi connectivity index (χ2n) is 4.32. The van der Waals surface area contributed by atoms with E-state index in [9.17, 15) is 4.79 Å². The standard InChI is InChI=1S/C13H17NO2/c1-10-5-6-12(16-10)7-8-13(15)14-9-11-3-2-4-11/h5-8,11H,2-4,9H2,1H3,(H,14,15)/b8-7+. The summed E-state index contributed by atoms with van der Waals surface area (Å²) >= 11 is 0. The van der Waals surface area contributed by atoms with Crippen LogP contribution in [-0.2, 0) is 4.79 Å². The fraction of sp³-hybridized carbons (Fsp3) is 0.462. The van der Waals surface area contributed by atoms with E-state index in [1.807, 2.05) is 19.1 Å². The highest BCUT2D eigenvalue weighted by molar-refractivity contribution is 5.91. The Kier molecular flexibility index (Phi) is 3.44. The van der Waals surface area contributed by atoms with Gasteiger partial charge in [0.05, 0.1) is 0 Å². The van der Waals surface area contributed by atoms with Gasteiger partial charge in [0, 0.05) is 12.6 Å². The second-order valence-corrected chi connectivity index (χ2v) is 4.32. The zero-order valence-corrected chi connectivity index (χ0v) is 9.53. The average molecular weight is 219 g/mol. The van der Waals surface area contributed by atoms with E-state index >= 15 is 0 Å². The second kappa shape index (κ2) is 5.01. The van der Waals surface area contributed by atoms with Crippen molar-refractivity contribution < 1.29 is 9.21 Å². The molecule has 3 heteroatoms. The van der Waals surface area contributed by atoms with E-state index in [1.54, 1.807) is 6.08 Å². The summed E-state index contributed by atoms with van der Waals surface area (Å²) < 4.78 is 5.33. The Morgan fingerprint density at radius 3 is 2.94 bits per heavy atom. The van der Waals surface area contributed by atoms with Crippen molar-refractivity contribution in [2.24, 2.45) is 5.92 Å². The van der Waals surface area contributed by atoms with Crippen LogP contribution in [0, 0.1) is 12.8 Å². The molecule has 1 aliphatic carbocycles. The third-order valence-electron chi connectivity index (χ3n) is 2.95. The van der Waals surface area contributed by atoms with Crippen molar-refractivity contribution in [2.75, 3.05) is 6.54 Å². The number of amides is 1. The third kappa shape index (κ3) is 2.99. The van der Waals surface area contributed by atoms with Gasteiger partial charge < -0.3 is 9.73 Å². The topological polar surface area (TPSA) is 42.2 Å². The Morgan fingerprint density at radius 1 is 1.56 bits per heavy atom. The van der Waals surface area contributed by atoms with E-state index in [0.29, 0.717) is 5.92 Å². The maximum atomic E-state index is 11.4. The molecule has 0 aromatic carbocycles. The summed E-state index contributed by atoms with van der Waals surface area (Å²) in [7, 11) is 0. The zero-order valence-electron chi connectivity index (χ0n) is 9.53. The molecule has 0 unspecified atom stereocenters. The number of hydrogen-bond donors (Lipinski definition) is 1. The van der Waals surface area contributed by atoms with Gasteiger partial charge in [0.15, 0.2) is 0 Å². The molecule has 0 bridgehead atoms. The minimum absolute atomic E-state index is 0.0408. The summed E-state index contributed by atoms with van der Waals surface area (Å²) in [6.45, 7) is 2.69. The van der Waals surface area contributed by atoms with Crippen molar-refractivity contribution in [1.29, 1.82) is 0 Å². The highest BCUT2D eigenvalue weighted by Gasteiger charge is 2.17. The molecule has 2 rings (SSSR count). The first-order valence-electron chi connectivity index (χ1n) is 5.76. The van der Waals surface area contributed by atoms with Crippen molar-refractivity contribution in [1.82, 2.24) is 5.32 Å². The molecule has 1 aromatic heterocycles. The summed E-state index contributed by atoms with van der Waals surface area (Å²) in [6, 6.07) is 3.73. The first kappa shape index (κ1) is 11.0. The SMILES string of the molecule is Cc1ccc(/C=C/C(=O)NCC2CCC2)o1. The minimum Gasteiger partial charge on any atom is -0.462 e. The van der Waals surface area contributed by atoms with Gasteiger partial charge in [-0.15, -0.1) is 0 Å². The molecule has 1 aromatic rings. The van der Waals surface area contributed by atoms with Crippen LogP contribution in [0.3, 0.4) is 0 Å². The molecule has 0 spiro atoms. The molecule has 3 nitrogen and oxygen atoms in total. The molecule has 1 fully saturated rings. The van der Waals surface area contributed by atoms with Crippen LogP contribution in [0.4, 0.5) is 0 Å². The number of carbonyl (C=O) groups excluding carboxylic acids is 1. The van der Waals surface area contributed by atoms with Gasteiger partial charge in [-0.1, -0.05) is 6.42 Å². The summed E-state index contributed by atoms with van der Waals surface area (Å²) in [5, 5.41) is 2.89. The van der Waals surface area contributed by atoms with Gasteiger partial charge in [-0.25, -0.2) is 0 Å². The van der Waals surface area contributed by atoms with Crippen molar-refractivity contribution in [3.63, 3.8) is 0 Å². The Morgan fingerprint density at radius 2 is 2.38 bits per heavy atom. The Balaban J connectivity index is 1.75. The van der Waals surface area contributed by atoms with Gasteiger partial charge in [0.25, 0.3) is 0 Å². The van der Waals surface area contributed by atoms with E-state index in [1.165, 1.54) is 25.3 Å². The molecule has 1 saturated carbocycles. The number of nitrogens with one attached hydrogen (secondary N) is 1. The molecule has 1 amide bonds. The van der Waals surface area contributed by atoms with E-state index in [0.717, 1.165) is 18.1 Å². The van der Waals surface area contributed by atoms with Gasteiger partial charge in [0.1, 0.15) is 11.5 Å². The van der Waals surface area contributed by atoms with Crippen LogP contribution in [0.1, 0.15) is 30.8 Å². The van der Waals surface area contributed by atoms with Crippen LogP contribution in [0.5, 0.6) is 0 Å². The van der Waals surface area contributed by atoms with Crippen molar-refractivity contribution in [2.45, 2.75) is 26.2 Å². The lowest BCUT2D eigenvalue weighted by molar-refractivity contribution is -0.116. The van der Waals surface area contributed by atoms with Crippen LogP contribution in [0.15, 0.2) is 22.6 Å². The third-order valence-corrected chi connectivity index (χ3v) is 2.95. The number of carbonyl (C=O) groups is 1. The molecule has 0 atom stereocenters. The number of rotatable bonds is 4. The molecule has 0 aliphatic heterocycles. The largest absolute Gasteiger partial charge is 0.462 e. The molecule has 86 valence electrons. The van der Waals surface area contributed by atoms with Crippen LogP contribution < -0.4 is 5.32 Å². The highest BCUT2D eigenvalue weighted by atomic mass is 16.3. The number of furan rings is 1. The van der Waals surface area contributed by atoms with E-state index < -0.39 is 0 Å². The number of hydrogen-bond acceptors (Lipinski definition) is 2. The fourth-order valence-electron chi connectivity index (χ4n) is 1.70. The maximum absolute atomic E-state index is 11.4. The summed E-state index contributed by atoms with van der Waals surface area (Å²) in [5.74, 6) is 2.23. The Bertz CT molecular complexity index is 388.